The van der Waals surface area contributed by atoms with Crippen molar-refractivity contribution >= 4 is 43.2 Å². The van der Waals surface area contributed by atoms with Crippen LogP contribution in [-0.4, -0.2) is 74.4 Å². The average molecular weight is 459 g/mol. The van der Waals surface area contributed by atoms with Crippen molar-refractivity contribution < 1.29 is 22.7 Å². The van der Waals surface area contributed by atoms with Crippen LogP contribution in [0.15, 0.2) is 18.3 Å². The Hall–Kier alpha value is -2.07. The summed E-state index contributed by atoms with van der Waals surface area (Å²) in [6, 6.07) is 3.63. The smallest absolute Gasteiger partial charge is 0.410 e. The first-order valence-electron chi connectivity index (χ1n) is 9.83. The highest BCUT2D eigenvalue weighted by Gasteiger charge is 2.33. The van der Waals surface area contributed by atoms with Gasteiger partial charge in [-0.2, -0.15) is 0 Å². The van der Waals surface area contributed by atoms with Crippen molar-refractivity contribution in [2.45, 2.75) is 32.8 Å². The first kappa shape index (κ1) is 22.6. The molecule has 3 rings (SSSR count). The minimum atomic E-state index is -3.64. The van der Waals surface area contributed by atoms with Crippen molar-refractivity contribution in [1.29, 1.82) is 0 Å². The molecule has 2 aliphatic heterocycles. The quantitative estimate of drug-likeness (QED) is 0.636. The van der Waals surface area contributed by atoms with Gasteiger partial charge in [0.25, 0.3) is 0 Å². The fraction of sp³-hybridized carbons (Fsp3) is 0.632. The number of pyridine rings is 1. The number of hydrogen-bond donors (Lipinski definition) is 0. The van der Waals surface area contributed by atoms with E-state index in [1.807, 2.05) is 26.8 Å². The average Bonchev–Trinajstić information content (AvgIpc) is 2.99. The van der Waals surface area contributed by atoms with Gasteiger partial charge in [0, 0.05) is 55.7 Å². The summed E-state index contributed by atoms with van der Waals surface area (Å²) in [6.45, 7) is 8.17. The van der Waals surface area contributed by atoms with Gasteiger partial charge in [0.05, 0.1) is 17.6 Å². The molecular weight excluding hydrogens is 432 g/mol. The van der Waals surface area contributed by atoms with E-state index in [0.717, 1.165) is 5.82 Å². The predicted octanol–water partition coefficient (Wildman–Crippen LogP) is 2.06. The van der Waals surface area contributed by atoms with Crippen LogP contribution in [0, 0.1) is 5.92 Å². The van der Waals surface area contributed by atoms with Gasteiger partial charge in [-0.1, -0.05) is 0 Å². The molecule has 0 aromatic carbocycles. The van der Waals surface area contributed by atoms with Gasteiger partial charge in [0.1, 0.15) is 11.4 Å². The zero-order valence-electron chi connectivity index (χ0n) is 17.4. The van der Waals surface area contributed by atoms with E-state index in [0.29, 0.717) is 38.4 Å². The molecule has 1 aromatic heterocycles. The number of carbonyl (C=O) groups is 2. The fourth-order valence-corrected chi connectivity index (χ4v) is 4.91. The van der Waals surface area contributed by atoms with Crippen LogP contribution >= 0.6 is 10.7 Å². The molecule has 0 bridgehead atoms. The number of ether oxygens (including phenoxy) is 1. The molecule has 0 spiro atoms. The number of nitrogens with zero attached hydrogens (tertiary/aromatic N) is 4. The van der Waals surface area contributed by atoms with Crippen molar-refractivity contribution in [2.24, 2.45) is 5.92 Å². The molecule has 0 N–H and O–H groups in total. The summed E-state index contributed by atoms with van der Waals surface area (Å²) in [5.74, 6) is 0.0834. The molecule has 2 fully saturated rings. The van der Waals surface area contributed by atoms with Crippen molar-refractivity contribution in [3.63, 3.8) is 0 Å². The van der Waals surface area contributed by atoms with Gasteiger partial charge in [-0.3, -0.25) is 4.79 Å². The zero-order valence-corrected chi connectivity index (χ0v) is 18.9. The number of carbonyl (C=O) groups excluding carboxylic acids is 2. The van der Waals surface area contributed by atoms with Crippen LogP contribution in [0.5, 0.6) is 0 Å². The summed E-state index contributed by atoms with van der Waals surface area (Å²) in [7, 11) is 1.67. The normalized spacial score (nSPS) is 20.6. The lowest BCUT2D eigenvalue weighted by Gasteiger charge is -2.36. The molecule has 1 aromatic rings. The molecule has 3 heterocycles. The van der Waals surface area contributed by atoms with Crippen LogP contribution in [-0.2, 0) is 18.6 Å². The van der Waals surface area contributed by atoms with E-state index >= 15 is 0 Å². The number of piperazine rings is 1. The van der Waals surface area contributed by atoms with Gasteiger partial charge >= 0.3 is 6.09 Å². The Morgan fingerprint density at radius 2 is 1.90 bits per heavy atom. The van der Waals surface area contributed by atoms with Crippen LogP contribution in [0.3, 0.4) is 0 Å². The van der Waals surface area contributed by atoms with E-state index in [1.165, 1.54) is 0 Å². The topological polar surface area (TPSA) is 100 Å². The monoisotopic (exact) mass is 458 g/mol. The molecule has 2 saturated heterocycles. The second-order valence-electron chi connectivity index (χ2n) is 8.61. The Bertz CT molecular complexity index is 892. The zero-order chi connectivity index (χ0) is 22.1. The highest BCUT2D eigenvalue weighted by Crippen LogP contribution is 2.27. The van der Waals surface area contributed by atoms with Crippen LogP contribution in [0.4, 0.5) is 16.3 Å². The van der Waals surface area contributed by atoms with E-state index in [2.05, 4.69) is 9.88 Å². The molecule has 0 radical (unpaired) electrons. The Kier molecular flexibility index (Phi) is 6.47. The van der Waals surface area contributed by atoms with Gasteiger partial charge in [-0.25, -0.2) is 18.2 Å². The summed E-state index contributed by atoms with van der Waals surface area (Å²) in [6.07, 6.45) is 1.46. The lowest BCUT2D eigenvalue weighted by molar-refractivity contribution is -0.117. The fourth-order valence-electron chi connectivity index (χ4n) is 3.59. The summed E-state index contributed by atoms with van der Waals surface area (Å²) in [5, 5.41) is 0. The molecule has 1 atom stereocenters. The molecule has 0 saturated carbocycles. The third-order valence-electron chi connectivity index (χ3n) is 4.94. The number of hydrogen-bond acceptors (Lipinski definition) is 7. The largest absolute Gasteiger partial charge is 0.444 e. The molecule has 30 heavy (non-hydrogen) atoms. The maximum atomic E-state index is 12.3. The first-order chi connectivity index (χ1) is 13.9. The van der Waals surface area contributed by atoms with Gasteiger partial charge in [-0.05, 0) is 32.9 Å². The summed E-state index contributed by atoms with van der Waals surface area (Å²) >= 11 is 0. The van der Waals surface area contributed by atoms with Crippen molar-refractivity contribution in [3.05, 3.63) is 18.3 Å². The van der Waals surface area contributed by atoms with Crippen molar-refractivity contribution in [3.8, 4) is 0 Å². The van der Waals surface area contributed by atoms with E-state index < -0.39 is 14.7 Å². The predicted molar refractivity (Wildman–Crippen MR) is 114 cm³/mol. The summed E-state index contributed by atoms with van der Waals surface area (Å²) < 4.78 is 28.0. The Morgan fingerprint density at radius 3 is 2.43 bits per heavy atom. The number of rotatable bonds is 4. The van der Waals surface area contributed by atoms with Gasteiger partial charge < -0.3 is 19.4 Å². The number of amides is 2. The Morgan fingerprint density at radius 1 is 1.23 bits per heavy atom. The van der Waals surface area contributed by atoms with E-state index in [1.54, 1.807) is 22.1 Å². The van der Waals surface area contributed by atoms with Gasteiger partial charge in [0.2, 0.25) is 15.0 Å². The number of halogens is 1. The summed E-state index contributed by atoms with van der Waals surface area (Å²) in [5.41, 5.74) is 0.108. The maximum absolute atomic E-state index is 12.3. The SMILES string of the molecule is CC(C)(C)OC(=O)N1CCN(c2ccc(N3CC(CS(=O)(=O)Cl)CC3=O)cn2)CC1. The minimum Gasteiger partial charge on any atom is -0.444 e. The molecule has 0 aliphatic carbocycles. The van der Waals surface area contributed by atoms with Crippen LogP contribution in [0.1, 0.15) is 27.2 Å². The summed E-state index contributed by atoms with van der Waals surface area (Å²) in [4.78, 5) is 34.2. The molecule has 2 aliphatic rings. The number of anilines is 2. The number of aromatic nitrogens is 1. The van der Waals surface area contributed by atoms with Crippen molar-refractivity contribution in [1.82, 2.24) is 9.88 Å². The van der Waals surface area contributed by atoms with E-state index in [-0.39, 0.29) is 30.1 Å². The maximum Gasteiger partial charge on any atom is 0.410 e. The molecule has 9 nitrogen and oxygen atoms in total. The molecule has 166 valence electrons. The molecule has 2 amide bonds. The van der Waals surface area contributed by atoms with E-state index in [4.69, 9.17) is 15.4 Å². The second kappa shape index (κ2) is 8.58. The lowest BCUT2D eigenvalue weighted by atomic mass is 10.1. The van der Waals surface area contributed by atoms with Gasteiger partial charge in [0.15, 0.2) is 0 Å². The molecule has 11 heteroatoms. The Balaban J connectivity index is 1.57. The molecule has 1 unspecified atom stereocenters. The van der Waals surface area contributed by atoms with Crippen molar-refractivity contribution in [2.75, 3.05) is 48.3 Å². The van der Waals surface area contributed by atoms with E-state index in [9.17, 15) is 18.0 Å². The van der Waals surface area contributed by atoms with Crippen LogP contribution < -0.4 is 9.80 Å². The second-order valence-corrected chi connectivity index (χ2v) is 11.4. The van der Waals surface area contributed by atoms with Crippen LogP contribution in [0.2, 0.25) is 0 Å². The van der Waals surface area contributed by atoms with Gasteiger partial charge in [-0.15, -0.1) is 0 Å². The first-order valence-corrected chi connectivity index (χ1v) is 12.3. The lowest BCUT2D eigenvalue weighted by Crippen LogP contribution is -2.50. The third-order valence-corrected chi connectivity index (χ3v) is 6.19. The third kappa shape index (κ3) is 5.98. The highest BCUT2D eigenvalue weighted by molar-refractivity contribution is 8.13. The minimum absolute atomic E-state index is 0.138. The Labute approximate surface area is 181 Å². The highest BCUT2D eigenvalue weighted by atomic mass is 35.7. The standard InChI is InChI=1S/C19H27ClN4O5S/c1-19(2,3)29-18(26)23-8-6-22(7-9-23)16-5-4-15(11-21-16)24-12-14(10-17(24)25)13-30(20,27)28/h4-5,11,14H,6-10,12-13H2,1-3H3. The molecular formula is C19H27ClN4O5S. The van der Waals surface area contributed by atoms with Crippen LogP contribution in [0.25, 0.3) is 0 Å².